The molecule has 0 unspecified atom stereocenters. The summed E-state index contributed by atoms with van der Waals surface area (Å²) in [7, 11) is 1.53. The molecule has 0 fully saturated rings. The maximum absolute atomic E-state index is 7.07. The number of methoxy groups -OCH3 is 1. The van der Waals surface area contributed by atoms with Gasteiger partial charge in [-0.1, -0.05) is 0 Å². The third kappa shape index (κ3) is 1.91. The van der Waals surface area contributed by atoms with Crippen LogP contribution in [0.15, 0.2) is 12.5 Å². The van der Waals surface area contributed by atoms with Crippen LogP contribution in [0.1, 0.15) is 5.69 Å². The first kappa shape index (κ1) is 8.45. The Labute approximate surface area is 70.1 Å². The smallest absolute Gasteiger partial charge is 0.159 e. The van der Waals surface area contributed by atoms with Crippen LogP contribution in [0.2, 0.25) is 0 Å². The summed E-state index contributed by atoms with van der Waals surface area (Å²) in [4.78, 5) is 7.71. The number of nitrogens with one attached hydrogen (secondary N) is 1. The molecule has 0 radical (unpaired) electrons. The molecule has 0 saturated carbocycles. The molecule has 0 aliphatic carbocycles. The molecule has 1 aromatic heterocycles. The summed E-state index contributed by atoms with van der Waals surface area (Å²) in [5, 5.41) is 7.07. The molecule has 1 heterocycles. The number of nitrogens with zero attached hydrogens (tertiary/aromatic N) is 2. The van der Waals surface area contributed by atoms with E-state index < -0.39 is 0 Å². The molecule has 0 spiro atoms. The highest BCUT2D eigenvalue weighted by molar-refractivity contribution is 5.79. The molecule has 5 heteroatoms. The van der Waals surface area contributed by atoms with E-state index in [2.05, 4.69) is 9.97 Å². The highest BCUT2D eigenvalue weighted by atomic mass is 16.5. The minimum Gasteiger partial charge on any atom is -0.493 e. The molecule has 0 bridgehead atoms. The Morgan fingerprint density at radius 2 is 2.50 bits per heavy atom. The second-order valence-electron chi connectivity index (χ2n) is 2.24. The second kappa shape index (κ2) is 3.66. The van der Waals surface area contributed by atoms with Gasteiger partial charge in [-0.2, -0.15) is 0 Å². The van der Waals surface area contributed by atoms with Gasteiger partial charge in [0.05, 0.1) is 31.3 Å². The summed E-state index contributed by atoms with van der Waals surface area (Å²) in [5.41, 5.74) is 5.85. The number of amidine groups is 1. The molecule has 3 N–H and O–H groups in total. The van der Waals surface area contributed by atoms with Crippen LogP contribution < -0.4 is 10.5 Å². The molecule has 0 aromatic carbocycles. The first-order chi connectivity index (χ1) is 5.74. The zero-order valence-electron chi connectivity index (χ0n) is 6.74. The summed E-state index contributed by atoms with van der Waals surface area (Å²) >= 11 is 0. The van der Waals surface area contributed by atoms with Crippen LogP contribution >= 0.6 is 0 Å². The molecule has 0 aliphatic heterocycles. The van der Waals surface area contributed by atoms with E-state index in [0.29, 0.717) is 17.9 Å². The Balaban J connectivity index is 2.89. The molecule has 1 aromatic rings. The van der Waals surface area contributed by atoms with Crippen LogP contribution in [-0.4, -0.2) is 22.9 Å². The predicted octanol–water partition coefficient (Wildman–Crippen LogP) is -0.0363. The van der Waals surface area contributed by atoms with Gasteiger partial charge in [0, 0.05) is 0 Å². The topological polar surface area (TPSA) is 84.9 Å². The number of ether oxygens (including phenoxy) is 1. The van der Waals surface area contributed by atoms with Gasteiger partial charge < -0.3 is 10.5 Å². The van der Waals surface area contributed by atoms with Crippen LogP contribution in [0.25, 0.3) is 0 Å². The normalized spacial score (nSPS) is 9.42. The van der Waals surface area contributed by atoms with E-state index in [1.165, 1.54) is 13.4 Å². The van der Waals surface area contributed by atoms with Gasteiger partial charge in [0.1, 0.15) is 6.33 Å². The zero-order valence-corrected chi connectivity index (χ0v) is 6.74. The Morgan fingerprint density at radius 3 is 3.08 bits per heavy atom. The quantitative estimate of drug-likeness (QED) is 0.487. The van der Waals surface area contributed by atoms with Crippen LogP contribution in [0.5, 0.6) is 5.75 Å². The summed E-state index contributed by atoms with van der Waals surface area (Å²) in [6, 6.07) is 0. The van der Waals surface area contributed by atoms with Gasteiger partial charge >= 0.3 is 0 Å². The van der Waals surface area contributed by atoms with Crippen molar-refractivity contribution in [2.75, 3.05) is 7.11 Å². The maximum Gasteiger partial charge on any atom is 0.159 e. The minimum atomic E-state index is 0.0620. The number of hydrogen-bond donors (Lipinski definition) is 2. The lowest BCUT2D eigenvalue weighted by molar-refractivity contribution is 0.406. The van der Waals surface area contributed by atoms with Crippen molar-refractivity contribution in [2.24, 2.45) is 5.73 Å². The van der Waals surface area contributed by atoms with E-state index in [1.807, 2.05) is 0 Å². The van der Waals surface area contributed by atoms with E-state index in [-0.39, 0.29) is 5.84 Å². The lowest BCUT2D eigenvalue weighted by Crippen LogP contribution is -2.14. The van der Waals surface area contributed by atoms with Crippen LogP contribution in [0.3, 0.4) is 0 Å². The van der Waals surface area contributed by atoms with E-state index in [1.54, 1.807) is 6.20 Å². The minimum absolute atomic E-state index is 0.0620. The highest BCUT2D eigenvalue weighted by Gasteiger charge is 2.04. The van der Waals surface area contributed by atoms with Crippen LogP contribution in [0.4, 0.5) is 0 Å². The van der Waals surface area contributed by atoms with Gasteiger partial charge in [0.15, 0.2) is 5.75 Å². The molecule has 0 atom stereocenters. The van der Waals surface area contributed by atoms with E-state index in [9.17, 15) is 0 Å². The number of nitrogens with two attached hydrogens (primary N) is 1. The Bertz CT molecular complexity index is 286. The number of rotatable bonds is 3. The maximum atomic E-state index is 7.07. The molecule has 5 nitrogen and oxygen atoms in total. The summed E-state index contributed by atoms with van der Waals surface area (Å²) in [5.74, 6) is 0.625. The fourth-order valence-electron chi connectivity index (χ4n) is 0.826. The molecule has 64 valence electrons. The number of aromatic nitrogens is 2. The van der Waals surface area contributed by atoms with Gasteiger partial charge in [-0.05, 0) is 0 Å². The van der Waals surface area contributed by atoms with Crippen molar-refractivity contribution < 1.29 is 4.74 Å². The molecule has 1 rings (SSSR count). The molecular formula is C7H10N4O. The summed E-state index contributed by atoms with van der Waals surface area (Å²) in [6.07, 6.45) is 3.25. The van der Waals surface area contributed by atoms with Crippen molar-refractivity contribution in [3.63, 3.8) is 0 Å². The van der Waals surface area contributed by atoms with E-state index in [0.717, 1.165) is 0 Å². The number of hydrogen-bond acceptors (Lipinski definition) is 4. The van der Waals surface area contributed by atoms with E-state index >= 15 is 0 Å². The van der Waals surface area contributed by atoms with Crippen molar-refractivity contribution in [1.29, 1.82) is 5.41 Å². The first-order valence-electron chi connectivity index (χ1n) is 3.40. The Kier molecular flexibility index (Phi) is 2.57. The fraction of sp³-hybridized carbons (Fsp3) is 0.286. The van der Waals surface area contributed by atoms with Crippen molar-refractivity contribution in [2.45, 2.75) is 6.42 Å². The largest absolute Gasteiger partial charge is 0.493 e. The lowest BCUT2D eigenvalue weighted by atomic mass is 10.2. The van der Waals surface area contributed by atoms with Gasteiger partial charge in [-0.15, -0.1) is 0 Å². The van der Waals surface area contributed by atoms with E-state index in [4.69, 9.17) is 15.9 Å². The molecule has 12 heavy (non-hydrogen) atoms. The molecule has 0 saturated heterocycles. The zero-order chi connectivity index (χ0) is 8.97. The predicted molar refractivity (Wildman–Crippen MR) is 44.2 cm³/mol. The van der Waals surface area contributed by atoms with Gasteiger partial charge in [0.25, 0.3) is 0 Å². The average Bonchev–Trinajstić information content (AvgIpc) is 2.04. The SMILES string of the molecule is COc1cncnc1CC(=N)N. The van der Waals surface area contributed by atoms with Crippen LogP contribution in [-0.2, 0) is 6.42 Å². The van der Waals surface area contributed by atoms with Crippen LogP contribution in [0, 0.1) is 5.41 Å². The summed E-state index contributed by atoms with van der Waals surface area (Å²) < 4.78 is 4.97. The first-order valence-corrected chi connectivity index (χ1v) is 3.40. The van der Waals surface area contributed by atoms with Gasteiger partial charge in [-0.3, -0.25) is 5.41 Å². The van der Waals surface area contributed by atoms with Gasteiger partial charge in [0.2, 0.25) is 0 Å². The molecule has 0 aliphatic rings. The van der Waals surface area contributed by atoms with Crippen molar-refractivity contribution >= 4 is 5.84 Å². The Hall–Kier alpha value is -1.65. The Morgan fingerprint density at radius 1 is 1.75 bits per heavy atom. The van der Waals surface area contributed by atoms with Crippen molar-refractivity contribution in [3.8, 4) is 5.75 Å². The van der Waals surface area contributed by atoms with Crippen molar-refractivity contribution in [3.05, 3.63) is 18.2 Å². The molecular weight excluding hydrogens is 156 g/mol. The third-order valence-electron chi connectivity index (χ3n) is 1.33. The third-order valence-corrected chi connectivity index (χ3v) is 1.33. The lowest BCUT2D eigenvalue weighted by Gasteiger charge is -2.04. The monoisotopic (exact) mass is 166 g/mol. The standard InChI is InChI=1S/C7H10N4O/c1-12-6-3-10-4-11-5(6)2-7(8)9/h3-4H,2H2,1H3,(H3,8,9). The average molecular weight is 166 g/mol. The second-order valence-corrected chi connectivity index (χ2v) is 2.24. The highest BCUT2D eigenvalue weighted by Crippen LogP contribution is 2.12. The fourth-order valence-corrected chi connectivity index (χ4v) is 0.826. The molecule has 0 amide bonds. The summed E-state index contributed by atoms with van der Waals surface area (Å²) in [6.45, 7) is 0. The van der Waals surface area contributed by atoms with Gasteiger partial charge in [-0.25, -0.2) is 9.97 Å². The van der Waals surface area contributed by atoms with Crippen molar-refractivity contribution in [1.82, 2.24) is 9.97 Å².